The molecule has 5 aromatic rings. The smallest absolute Gasteiger partial charge is 0.0701 e. The highest BCUT2D eigenvalue weighted by atomic mass is 15.1. The molecular weight excluding hydrogens is 376 g/mol. The molecule has 0 radical (unpaired) electrons. The van der Waals surface area contributed by atoms with E-state index >= 15 is 0 Å². The van der Waals surface area contributed by atoms with Crippen molar-refractivity contribution in [2.24, 2.45) is 0 Å². The Balaban J connectivity index is 1.52. The molecular formula is C29H22N2. The molecule has 0 unspecified atom stereocenters. The third-order valence-corrected chi connectivity index (χ3v) is 5.33. The van der Waals surface area contributed by atoms with Crippen LogP contribution >= 0.6 is 0 Å². The van der Waals surface area contributed by atoms with E-state index in [9.17, 15) is 0 Å². The van der Waals surface area contributed by atoms with Gasteiger partial charge in [0.25, 0.3) is 0 Å². The van der Waals surface area contributed by atoms with E-state index in [-0.39, 0.29) is 0 Å². The van der Waals surface area contributed by atoms with Crippen molar-refractivity contribution in [3.05, 3.63) is 134 Å². The number of hydrogen-bond acceptors (Lipinski definition) is 2. The zero-order chi connectivity index (χ0) is 20.9. The van der Waals surface area contributed by atoms with Gasteiger partial charge < -0.3 is 4.90 Å². The van der Waals surface area contributed by atoms with Crippen LogP contribution in [0, 0.1) is 0 Å². The number of rotatable bonds is 5. The summed E-state index contributed by atoms with van der Waals surface area (Å²) in [7, 11) is 0. The second-order valence-electron chi connectivity index (χ2n) is 7.35. The van der Waals surface area contributed by atoms with Crippen molar-refractivity contribution in [3.63, 3.8) is 0 Å². The van der Waals surface area contributed by atoms with E-state index in [4.69, 9.17) is 0 Å². The summed E-state index contributed by atoms with van der Waals surface area (Å²) in [5, 5.41) is 0. The Labute approximate surface area is 183 Å². The van der Waals surface area contributed by atoms with E-state index in [0.29, 0.717) is 0 Å². The maximum Gasteiger partial charge on any atom is 0.0701 e. The van der Waals surface area contributed by atoms with Crippen LogP contribution in [0.1, 0.15) is 0 Å². The van der Waals surface area contributed by atoms with Gasteiger partial charge in [-0.25, -0.2) is 0 Å². The highest BCUT2D eigenvalue weighted by Crippen LogP contribution is 2.36. The second kappa shape index (κ2) is 8.68. The molecule has 0 bridgehead atoms. The summed E-state index contributed by atoms with van der Waals surface area (Å²) in [5.41, 5.74) is 7.88. The second-order valence-corrected chi connectivity index (χ2v) is 7.35. The fourth-order valence-electron chi connectivity index (χ4n) is 3.77. The standard InChI is InChI=1S/C29H22N2/c1-3-9-23(10-4-1)24-14-18-27(19-15-24)31(26-11-5-2-6-12-26)28-20-16-25(17-21-28)29-13-7-8-22-30-29/h1-22H. The van der Waals surface area contributed by atoms with Gasteiger partial charge in [0, 0.05) is 28.8 Å². The first kappa shape index (κ1) is 18.8. The van der Waals surface area contributed by atoms with Gasteiger partial charge in [0.2, 0.25) is 0 Å². The number of hydrogen-bond donors (Lipinski definition) is 0. The molecule has 1 aromatic heterocycles. The molecule has 0 aliphatic rings. The predicted octanol–water partition coefficient (Wildman–Crippen LogP) is 7.89. The largest absolute Gasteiger partial charge is 0.311 e. The van der Waals surface area contributed by atoms with Gasteiger partial charge in [0.1, 0.15) is 0 Å². The Hall–Kier alpha value is -4.17. The third kappa shape index (κ3) is 4.10. The van der Waals surface area contributed by atoms with E-state index in [1.165, 1.54) is 11.1 Å². The normalized spacial score (nSPS) is 10.6. The number of para-hydroxylation sites is 1. The number of aromatic nitrogens is 1. The topological polar surface area (TPSA) is 16.1 Å². The van der Waals surface area contributed by atoms with Gasteiger partial charge in [-0.15, -0.1) is 0 Å². The lowest BCUT2D eigenvalue weighted by Crippen LogP contribution is -2.09. The van der Waals surface area contributed by atoms with E-state index in [1.807, 2.05) is 36.5 Å². The fraction of sp³-hybridized carbons (Fsp3) is 0. The number of pyridine rings is 1. The van der Waals surface area contributed by atoms with Crippen molar-refractivity contribution in [1.82, 2.24) is 4.98 Å². The van der Waals surface area contributed by atoms with Crippen LogP contribution in [0.4, 0.5) is 17.1 Å². The number of nitrogens with zero attached hydrogens (tertiary/aromatic N) is 2. The first-order chi connectivity index (χ1) is 15.4. The van der Waals surface area contributed by atoms with Crippen LogP contribution in [0.2, 0.25) is 0 Å². The third-order valence-electron chi connectivity index (χ3n) is 5.33. The SMILES string of the molecule is c1ccc(-c2ccc(N(c3ccccc3)c3ccc(-c4ccccn4)cc3)cc2)cc1. The molecule has 0 saturated carbocycles. The fourth-order valence-corrected chi connectivity index (χ4v) is 3.77. The van der Waals surface area contributed by atoms with Crippen LogP contribution in [-0.4, -0.2) is 4.98 Å². The summed E-state index contributed by atoms with van der Waals surface area (Å²) < 4.78 is 0. The van der Waals surface area contributed by atoms with Crippen LogP contribution in [0.15, 0.2) is 134 Å². The van der Waals surface area contributed by atoms with Gasteiger partial charge in [-0.3, -0.25) is 4.98 Å². The van der Waals surface area contributed by atoms with Gasteiger partial charge in [0.05, 0.1) is 5.69 Å². The van der Waals surface area contributed by atoms with Gasteiger partial charge in [-0.2, -0.15) is 0 Å². The Morgan fingerprint density at radius 2 is 0.871 bits per heavy atom. The Bertz CT molecular complexity index is 1150. The van der Waals surface area contributed by atoms with E-state index in [1.54, 1.807) is 0 Å². The molecule has 148 valence electrons. The van der Waals surface area contributed by atoms with Gasteiger partial charge in [-0.05, 0) is 59.7 Å². The van der Waals surface area contributed by atoms with Crippen molar-refractivity contribution >= 4 is 17.1 Å². The minimum atomic E-state index is 0.979. The van der Waals surface area contributed by atoms with Crippen LogP contribution < -0.4 is 4.90 Å². The zero-order valence-corrected chi connectivity index (χ0v) is 17.1. The Morgan fingerprint density at radius 1 is 0.387 bits per heavy atom. The summed E-state index contributed by atoms with van der Waals surface area (Å²) in [4.78, 5) is 6.74. The molecule has 5 rings (SSSR count). The molecule has 0 spiro atoms. The lowest BCUT2D eigenvalue weighted by atomic mass is 10.0. The highest BCUT2D eigenvalue weighted by molar-refractivity contribution is 5.79. The van der Waals surface area contributed by atoms with E-state index in [2.05, 4.69) is 107 Å². The molecule has 0 aliphatic heterocycles. The molecule has 0 fully saturated rings. The van der Waals surface area contributed by atoms with Gasteiger partial charge in [0.15, 0.2) is 0 Å². The summed E-state index contributed by atoms with van der Waals surface area (Å²) in [6.07, 6.45) is 1.83. The minimum Gasteiger partial charge on any atom is -0.311 e. The number of anilines is 3. The minimum absolute atomic E-state index is 0.979. The molecule has 1 heterocycles. The summed E-state index contributed by atoms with van der Waals surface area (Å²) in [6, 6.07) is 44.2. The summed E-state index contributed by atoms with van der Waals surface area (Å²) in [5.74, 6) is 0. The first-order valence-corrected chi connectivity index (χ1v) is 10.4. The molecule has 4 aromatic carbocycles. The van der Waals surface area contributed by atoms with Crippen LogP contribution in [-0.2, 0) is 0 Å². The van der Waals surface area contributed by atoms with Crippen LogP contribution in [0.3, 0.4) is 0 Å². The van der Waals surface area contributed by atoms with Crippen molar-refractivity contribution in [2.75, 3.05) is 4.90 Å². The molecule has 0 saturated heterocycles. The summed E-state index contributed by atoms with van der Waals surface area (Å²) in [6.45, 7) is 0. The molecule has 0 N–H and O–H groups in total. The molecule has 0 amide bonds. The van der Waals surface area contributed by atoms with E-state index in [0.717, 1.165) is 28.3 Å². The number of benzene rings is 4. The van der Waals surface area contributed by atoms with Crippen molar-refractivity contribution in [2.45, 2.75) is 0 Å². The average Bonchev–Trinajstić information content (AvgIpc) is 2.87. The zero-order valence-electron chi connectivity index (χ0n) is 17.1. The van der Waals surface area contributed by atoms with Crippen LogP contribution in [0.5, 0.6) is 0 Å². The lowest BCUT2D eigenvalue weighted by Gasteiger charge is -2.26. The van der Waals surface area contributed by atoms with Crippen molar-refractivity contribution in [1.29, 1.82) is 0 Å². The van der Waals surface area contributed by atoms with Crippen LogP contribution in [0.25, 0.3) is 22.4 Å². The Kier molecular flexibility index (Phi) is 5.27. The lowest BCUT2D eigenvalue weighted by molar-refractivity contribution is 1.28. The molecule has 0 aliphatic carbocycles. The maximum atomic E-state index is 4.46. The summed E-state index contributed by atoms with van der Waals surface area (Å²) >= 11 is 0. The van der Waals surface area contributed by atoms with E-state index < -0.39 is 0 Å². The predicted molar refractivity (Wildman–Crippen MR) is 130 cm³/mol. The van der Waals surface area contributed by atoms with Crippen molar-refractivity contribution < 1.29 is 0 Å². The van der Waals surface area contributed by atoms with Crippen molar-refractivity contribution in [3.8, 4) is 22.4 Å². The highest BCUT2D eigenvalue weighted by Gasteiger charge is 2.12. The first-order valence-electron chi connectivity index (χ1n) is 10.4. The quantitative estimate of drug-likeness (QED) is 0.299. The molecule has 2 heteroatoms. The monoisotopic (exact) mass is 398 g/mol. The molecule has 31 heavy (non-hydrogen) atoms. The molecule has 0 atom stereocenters. The Morgan fingerprint density at radius 3 is 1.45 bits per heavy atom. The van der Waals surface area contributed by atoms with Gasteiger partial charge >= 0.3 is 0 Å². The average molecular weight is 399 g/mol. The molecule has 2 nitrogen and oxygen atoms in total. The van der Waals surface area contributed by atoms with Gasteiger partial charge in [-0.1, -0.05) is 78.9 Å². The maximum absolute atomic E-state index is 4.46.